The fraction of sp³-hybridized carbons (Fsp3) is 0.462. The molecule has 0 heterocycles. The second kappa shape index (κ2) is 7.21. The maximum atomic E-state index is 11.7. The molecule has 0 saturated heterocycles. The lowest BCUT2D eigenvalue weighted by Crippen LogP contribution is -2.31. The van der Waals surface area contributed by atoms with Crippen LogP contribution in [0, 0.1) is 0 Å². The van der Waals surface area contributed by atoms with Crippen molar-refractivity contribution in [2.75, 3.05) is 27.3 Å². The summed E-state index contributed by atoms with van der Waals surface area (Å²) >= 11 is 5.89. The van der Waals surface area contributed by atoms with Gasteiger partial charge in [-0.05, 0) is 13.0 Å². The molecule has 0 unspecified atom stereocenters. The lowest BCUT2D eigenvalue weighted by molar-refractivity contribution is -0.131. The van der Waals surface area contributed by atoms with Crippen molar-refractivity contribution in [3.8, 4) is 11.5 Å². The molecule has 0 aliphatic carbocycles. The van der Waals surface area contributed by atoms with Crippen LogP contribution < -0.4 is 9.47 Å². The van der Waals surface area contributed by atoms with Gasteiger partial charge in [0, 0.05) is 30.2 Å². The molecule has 0 saturated carbocycles. The van der Waals surface area contributed by atoms with Crippen molar-refractivity contribution in [3.63, 3.8) is 0 Å². The molecule has 106 valence electrons. The Labute approximate surface area is 117 Å². The van der Waals surface area contributed by atoms with Gasteiger partial charge in [-0.25, -0.2) is 0 Å². The molecule has 1 amide bonds. The van der Waals surface area contributed by atoms with Gasteiger partial charge >= 0.3 is 0 Å². The molecule has 19 heavy (non-hydrogen) atoms. The zero-order valence-electron chi connectivity index (χ0n) is 11.3. The summed E-state index contributed by atoms with van der Waals surface area (Å²) < 4.78 is 10.6. The third-order valence-corrected chi connectivity index (χ3v) is 2.95. The summed E-state index contributed by atoms with van der Waals surface area (Å²) in [5, 5.41) is 9.73. The Morgan fingerprint density at radius 1 is 1.47 bits per heavy atom. The van der Waals surface area contributed by atoms with Crippen molar-refractivity contribution in [3.05, 3.63) is 22.7 Å². The summed E-state index contributed by atoms with van der Waals surface area (Å²) in [6, 6.07) is 3.15. The van der Waals surface area contributed by atoms with Crippen LogP contribution in [0.1, 0.15) is 12.5 Å². The Hall–Kier alpha value is -1.46. The summed E-state index contributed by atoms with van der Waals surface area (Å²) in [6.45, 7) is 2.12. The Morgan fingerprint density at radius 2 is 2.16 bits per heavy atom. The quantitative estimate of drug-likeness (QED) is 0.865. The van der Waals surface area contributed by atoms with Gasteiger partial charge in [0.05, 0.1) is 13.7 Å². The first-order valence-corrected chi connectivity index (χ1v) is 6.25. The summed E-state index contributed by atoms with van der Waals surface area (Å²) in [5.74, 6) is 0.583. The van der Waals surface area contributed by atoms with E-state index >= 15 is 0 Å². The van der Waals surface area contributed by atoms with E-state index in [1.807, 2.05) is 6.92 Å². The Kier molecular flexibility index (Phi) is 5.92. The number of rotatable bonds is 6. The first kappa shape index (κ1) is 15.6. The largest absolute Gasteiger partial charge is 0.493 e. The van der Waals surface area contributed by atoms with E-state index < -0.39 is 0 Å². The Bertz CT molecular complexity index is 425. The van der Waals surface area contributed by atoms with E-state index in [2.05, 4.69) is 0 Å². The molecule has 0 atom stereocenters. The van der Waals surface area contributed by atoms with Crippen molar-refractivity contribution < 1.29 is 19.4 Å². The number of likely N-dealkylation sites (N-methyl/N-ethyl adjacent to an activating group) is 1. The molecule has 0 fully saturated rings. The molecule has 0 bridgehead atoms. The molecule has 1 rings (SSSR count). The normalized spacial score (nSPS) is 10.2. The highest BCUT2D eigenvalue weighted by atomic mass is 35.5. The molecule has 0 aliphatic rings. The fourth-order valence-electron chi connectivity index (χ4n) is 1.48. The lowest BCUT2D eigenvalue weighted by atomic mass is 10.2. The maximum Gasteiger partial charge on any atom is 0.260 e. The third-order valence-electron chi connectivity index (χ3n) is 2.73. The molecule has 0 aromatic heterocycles. The number of benzene rings is 1. The van der Waals surface area contributed by atoms with Crippen LogP contribution in [0.3, 0.4) is 0 Å². The SMILES string of the molecule is CCN(C)C(=O)COc1c(CO)cc(Cl)cc1OC. The first-order chi connectivity index (χ1) is 9.03. The van der Waals surface area contributed by atoms with Crippen LogP contribution in [0.4, 0.5) is 0 Å². The average molecular weight is 288 g/mol. The highest BCUT2D eigenvalue weighted by Gasteiger charge is 2.15. The molecule has 0 radical (unpaired) electrons. The van der Waals surface area contributed by atoms with E-state index in [-0.39, 0.29) is 19.1 Å². The molecule has 0 spiro atoms. The van der Waals surface area contributed by atoms with E-state index in [1.165, 1.54) is 7.11 Å². The topological polar surface area (TPSA) is 59.0 Å². The first-order valence-electron chi connectivity index (χ1n) is 5.87. The van der Waals surface area contributed by atoms with Gasteiger partial charge in [0.2, 0.25) is 0 Å². The summed E-state index contributed by atoms with van der Waals surface area (Å²) in [4.78, 5) is 13.2. The van der Waals surface area contributed by atoms with E-state index in [0.717, 1.165) is 0 Å². The van der Waals surface area contributed by atoms with Crippen LogP contribution >= 0.6 is 11.6 Å². The molecular formula is C13H18ClNO4. The highest BCUT2D eigenvalue weighted by Crippen LogP contribution is 2.34. The van der Waals surface area contributed by atoms with Crippen LogP contribution in [0.5, 0.6) is 11.5 Å². The minimum absolute atomic E-state index is 0.116. The van der Waals surface area contributed by atoms with E-state index in [0.29, 0.717) is 28.6 Å². The van der Waals surface area contributed by atoms with Gasteiger partial charge in [-0.15, -0.1) is 0 Å². The summed E-state index contributed by atoms with van der Waals surface area (Å²) in [5.41, 5.74) is 0.483. The Balaban J connectivity index is 2.90. The number of carbonyl (C=O) groups excluding carboxylic acids is 1. The van der Waals surface area contributed by atoms with Gasteiger partial charge in [0.25, 0.3) is 5.91 Å². The number of halogens is 1. The Morgan fingerprint density at radius 3 is 2.68 bits per heavy atom. The van der Waals surface area contributed by atoms with Gasteiger partial charge in [0.1, 0.15) is 0 Å². The number of aliphatic hydroxyl groups is 1. The van der Waals surface area contributed by atoms with E-state index in [9.17, 15) is 9.90 Å². The lowest BCUT2D eigenvalue weighted by Gasteiger charge is -2.17. The van der Waals surface area contributed by atoms with E-state index in [1.54, 1.807) is 24.1 Å². The van der Waals surface area contributed by atoms with Crippen molar-refractivity contribution in [1.29, 1.82) is 0 Å². The van der Waals surface area contributed by atoms with Gasteiger partial charge < -0.3 is 19.5 Å². The minimum atomic E-state index is -0.246. The number of nitrogens with zero attached hydrogens (tertiary/aromatic N) is 1. The van der Waals surface area contributed by atoms with Crippen molar-refractivity contribution in [1.82, 2.24) is 4.90 Å². The number of ether oxygens (including phenoxy) is 2. The van der Waals surface area contributed by atoms with Crippen LogP contribution in [-0.4, -0.2) is 43.2 Å². The van der Waals surface area contributed by atoms with Crippen molar-refractivity contribution >= 4 is 17.5 Å². The van der Waals surface area contributed by atoms with Crippen LogP contribution in [0.25, 0.3) is 0 Å². The predicted octanol–water partition coefficient (Wildman–Crippen LogP) is 1.70. The molecule has 0 aliphatic heterocycles. The molecule has 1 aromatic carbocycles. The highest BCUT2D eigenvalue weighted by molar-refractivity contribution is 6.30. The molecular weight excluding hydrogens is 270 g/mol. The second-order valence-electron chi connectivity index (χ2n) is 3.95. The zero-order valence-corrected chi connectivity index (χ0v) is 12.0. The number of hydrogen-bond donors (Lipinski definition) is 1. The zero-order chi connectivity index (χ0) is 14.4. The minimum Gasteiger partial charge on any atom is -0.493 e. The average Bonchev–Trinajstić information content (AvgIpc) is 2.43. The van der Waals surface area contributed by atoms with Crippen LogP contribution in [-0.2, 0) is 11.4 Å². The van der Waals surface area contributed by atoms with Gasteiger partial charge in [0.15, 0.2) is 18.1 Å². The number of methoxy groups -OCH3 is 1. The van der Waals surface area contributed by atoms with Gasteiger partial charge in [-0.3, -0.25) is 4.79 Å². The van der Waals surface area contributed by atoms with Crippen molar-refractivity contribution in [2.24, 2.45) is 0 Å². The van der Waals surface area contributed by atoms with Crippen LogP contribution in [0.2, 0.25) is 5.02 Å². The molecule has 1 N–H and O–H groups in total. The number of amides is 1. The number of hydrogen-bond acceptors (Lipinski definition) is 4. The van der Waals surface area contributed by atoms with E-state index in [4.69, 9.17) is 21.1 Å². The second-order valence-corrected chi connectivity index (χ2v) is 4.39. The van der Waals surface area contributed by atoms with Gasteiger partial charge in [-0.1, -0.05) is 11.6 Å². The molecule has 6 heteroatoms. The summed E-state index contributed by atoms with van der Waals surface area (Å²) in [6.07, 6.45) is 0. The smallest absolute Gasteiger partial charge is 0.260 e. The summed E-state index contributed by atoms with van der Waals surface area (Å²) in [7, 11) is 3.16. The molecule has 5 nitrogen and oxygen atoms in total. The monoisotopic (exact) mass is 287 g/mol. The maximum absolute atomic E-state index is 11.7. The fourth-order valence-corrected chi connectivity index (χ4v) is 1.71. The van der Waals surface area contributed by atoms with Crippen molar-refractivity contribution in [2.45, 2.75) is 13.5 Å². The number of aliphatic hydroxyl groups excluding tert-OH is 1. The number of carbonyl (C=O) groups is 1. The molecule has 1 aromatic rings. The van der Waals surface area contributed by atoms with Crippen LogP contribution in [0.15, 0.2) is 12.1 Å². The third kappa shape index (κ3) is 4.01. The predicted molar refractivity (Wildman–Crippen MR) is 72.7 cm³/mol. The van der Waals surface area contributed by atoms with Gasteiger partial charge in [-0.2, -0.15) is 0 Å². The standard InChI is InChI=1S/C13H18ClNO4/c1-4-15(2)12(17)8-19-13-9(7-16)5-10(14)6-11(13)18-3/h5-6,16H,4,7-8H2,1-3H3.